The predicted octanol–water partition coefficient (Wildman–Crippen LogP) is 3.16. The topological polar surface area (TPSA) is 0 Å². The van der Waals surface area contributed by atoms with Crippen LogP contribution in [0, 0.1) is 6.92 Å². The third-order valence-electron chi connectivity index (χ3n) is 1.84. The molecule has 0 atom stereocenters. The van der Waals surface area contributed by atoms with E-state index < -0.39 is 0 Å². The van der Waals surface area contributed by atoms with Gasteiger partial charge in [0.2, 0.25) is 0 Å². The Balaban J connectivity index is 2.48. The van der Waals surface area contributed by atoms with Crippen LogP contribution in [0.25, 0.3) is 0 Å². The van der Waals surface area contributed by atoms with Crippen molar-refractivity contribution >= 4 is 11.8 Å². The van der Waals surface area contributed by atoms with Crippen LogP contribution in [0.5, 0.6) is 0 Å². The second-order valence-corrected chi connectivity index (χ2v) is 3.75. The van der Waals surface area contributed by atoms with Crippen molar-refractivity contribution in [2.24, 2.45) is 0 Å². The van der Waals surface area contributed by atoms with Crippen LogP contribution in [0.3, 0.4) is 0 Å². The number of hydrogen-bond acceptors (Lipinski definition) is 1. The highest BCUT2D eigenvalue weighted by atomic mass is 32.2. The Morgan fingerprint density at radius 2 is 2.27 bits per heavy atom. The van der Waals surface area contributed by atoms with Crippen molar-refractivity contribution in [3.8, 4) is 0 Å². The fourth-order valence-electron chi connectivity index (χ4n) is 1.28. The van der Waals surface area contributed by atoms with E-state index in [0.29, 0.717) is 0 Å². The Morgan fingerprint density at radius 3 is 3.18 bits per heavy atom. The molecule has 0 nitrogen and oxygen atoms in total. The first-order valence-electron chi connectivity index (χ1n) is 3.77. The van der Waals surface area contributed by atoms with Crippen LogP contribution in [0.1, 0.15) is 11.1 Å². The van der Waals surface area contributed by atoms with Gasteiger partial charge >= 0.3 is 0 Å². The maximum absolute atomic E-state index is 2.27. The molecule has 0 unspecified atom stereocenters. The molecule has 0 fully saturated rings. The summed E-state index contributed by atoms with van der Waals surface area (Å²) >= 11 is 1.82. The number of allylic oxidation sites excluding steroid dienone is 1. The number of fused-ring (bicyclic) bond motifs is 1. The Kier molecular flexibility index (Phi) is 1.74. The van der Waals surface area contributed by atoms with Gasteiger partial charge < -0.3 is 0 Å². The fraction of sp³-hybridized carbons (Fsp3) is 0.200. The lowest BCUT2D eigenvalue weighted by molar-refractivity contribution is 1.15. The van der Waals surface area contributed by atoms with E-state index in [2.05, 4.69) is 36.6 Å². The Hall–Kier alpha value is -0.690. The molecule has 0 N–H and O–H groups in total. The third-order valence-corrected chi connectivity index (χ3v) is 2.83. The first-order valence-corrected chi connectivity index (χ1v) is 4.65. The van der Waals surface area contributed by atoms with Crippen molar-refractivity contribution in [2.45, 2.75) is 18.2 Å². The van der Waals surface area contributed by atoms with Gasteiger partial charge in [0.15, 0.2) is 0 Å². The molecule has 1 aromatic carbocycles. The molecular formula is C10H10S. The van der Waals surface area contributed by atoms with Crippen LogP contribution >= 0.6 is 11.8 Å². The van der Waals surface area contributed by atoms with E-state index in [-0.39, 0.29) is 0 Å². The average molecular weight is 162 g/mol. The van der Waals surface area contributed by atoms with Crippen LogP contribution in [0.2, 0.25) is 0 Å². The van der Waals surface area contributed by atoms with Gasteiger partial charge in [0.1, 0.15) is 0 Å². The zero-order valence-electron chi connectivity index (χ0n) is 6.50. The minimum atomic E-state index is 1.10. The summed E-state index contributed by atoms with van der Waals surface area (Å²) in [6, 6.07) is 6.65. The molecule has 11 heavy (non-hydrogen) atoms. The van der Waals surface area contributed by atoms with Gasteiger partial charge in [0.05, 0.1) is 0 Å². The molecule has 1 aliphatic rings. The van der Waals surface area contributed by atoms with Crippen molar-refractivity contribution in [1.82, 2.24) is 0 Å². The summed E-state index contributed by atoms with van der Waals surface area (Å²) in [5.41, 5.74) is 2.83. The molecule has 2 rings (SSSR count). The van der Waals surface area contributed by atoms with Crippen molar-refractivity contribution < 1.29 is 0 Å². The first kappa shape index (κ1) is 6.99. The lowest BCUT2D eigenvalue weighted by Crippen LogP contribution is -1.89. The van der Waals surface area contributed by atoms with Gasteiger partial charge in [0.25, 0.3) is 0 Å². The van der Waals surface area contributed by atoms with E-state index in [0.717, 1.165) is 6.42 Å². The van der Waals surface area contributed by atoms with Crippen LogP contribution < -0.4 is 0 Å². The number of thioether (sulfide) groups is 1. The van der Waals surface area contributed by atoms with Gasteiger partial charge in [-0.25, -0.2) is 0 Å². The molecular weight excluding hydrogens is 152 g/mol. The van der Waals surface area contributed by atoms with E-state index in [1.165, 1.54) is 16.0 Å². The van der Waals surface area contributed by atoms with Crippen LogP contribution in [0.4, 0.5) is 0 Å². The van der Waals surface area contributed by atoms with Crippen LogP contribution in [-0.2, 0) is 6.42 Å². The van der Waals surface area contributed by atoms with Crippen LogP contribution in [0.15, 0.2) is 34.6 Å². The zero-order chi connectivity index (χ0) is 7.68. The summed E-state index contributed by atoms with van der Waals surface area (Å²) in [6.07, 6.45) is 3.32. The molecule has 0 aromatic heterocycles. The normalized spacial score (nSPS) is 14.6. The second-order valence-electron chi connectivity index (χ2n) is 2.80. The average Bonchev–Trinajstić information content (AvgIpc) is 2.04. The highest BCUT2D eigenvalue weighted by Crippen LogP contribution is 2.28. The molecule has 0 amide bonds. The van der Waals surface area contributed by atoms with E-state index in [4.69, 9.17) is 0 Å². The van der Waals surface area contributed by atoms with E-state index >= 15 is 0 Å². The summed E-state index contributed by atoms with van der Waals surface area (Å²) in [6.45, 7) is 2.14. The van der Waals surface area contributed by atoms with Gasteiger partial charge in [0, 0.05) is 4.90 Å². The molecule has 0 bridgehead atoms. The summed E-state index contributed by atoms with van der Waals surface area (Å²) in [7, 11) is 0. The zero-order valence-corrected chi connectivity index (χ0v) is 7.32. The number of rotatable bonds is 0. The minimum Gasteiger partial charge on any atom is -0.0981 e. The van der Waals surface area contributed by atoms with Crippen molar-refractivity contribution in [1.29, 1.82) is 0 Å². The highest BCUT2D eigenvalue weighted by Gasteiger charge is 2.03. The third kappa shape index (κ3) is 1.33. The number of hydrogen-bond donors (Lipinski definition) is 0. The highest BCUT2D eigenvalue weighted by molar-refractivity contribution is 8.02. The van der Waals surface area contributed by atoms with Gasteiger partial charge in [-0.05, 0) is 30.4 Å². The fourth-order valence-corrected chi connectivity index (χ4v) is 2.06. The standard InChI is InChI=1S/C10H10S/c1-8-4-5-10-9(7-8)3-2-6-11-10/h2,4-7H,3H2,1H3. The SMILES string of the molecule is Cc1ccc2c(c1)CC=CS2. The summed E-state index contributed by atoms with van der Waals surface area (Å²) in [5, 5.41) is 2.16. The smallest absolute Gasteiger partial charge is 0.0151 e. The summed E-state index contributed by atoms with van der Waals surface area (Å²) in [5.74, 6) is 0. The maximum atomic E-state index is 2.27. The molecule has 1 heteroatoms. The molecule has 0 saturated heterocycles. The Morgan fingerprint density at radius 1 is 1.36 bits per heavy atom. The molecule has 1 aromatic rings. The minimum absolute atomic E-state index is 1.10. The van der Waals surface area contributed by atoms with Gasteiger partial charge in [-0.15, -0.1) is 0 Å². The van der Waals surface area contributed by atoms with E-state index in [9.17, 15) is 0 Å². The Bertz CT molecular complexity index is 300. The monoisotopic (exact) mass is 162 g/mol. The first-order chi connectivity index (χ1) is 5.36. The quantitative estimate of drug-likeness (QED) is 0.564. The number of aryl methyl sites for hydroxylation is 1. The predicted molar refractivity (Wildman–Crippen MR) is 49.9 cm³/mol. The van der Waals surface area contributed by atoms with Crippen molar-refractivity contribution in [2.75, 3.05) is 0 Å². The second kappa shape index (κ2) is 2.74. The Labute approximate surface area is 71.3 Å². The van der Waals surface area contributed by atoms with E-state index in [1.54, 1.807) is 0 Å². The largest absolute Gasteiger partial charge is 0.0981 e. The molecule has 0 radical (unpaired) electrons. The van der Waals surface area contributed by atoms with Gasteiger partial charge in [-0.3, -0.25) is 0 Å². The summed E-state index contributed by atoms with van der Waals surface area (Å²) < 4.78 is 0. The van der Waals surface area contributed by atoms with Crippen molar-refractivity contribution in [3.63, 3.8) is 0 Å². The van der Waals surface area contributed by atoms with Crippen molar-refractivity contribution in [3.05, 3.63) is 40.8 Å². The van der Waals surface area contributed by atoms with E-state index in [1.807, 2.05) is 11.8 Å². The maximum Gasteiger partial charge on any atom is 0.0151 e. The lowest BCUT2D eigenvalue weighted by Gasteiger charge is -2.09. The number of benzene rings is 1. The molecule has 1 heterocycles. The van der Waals surface area contributed by atoms with Gasteiger partial charge in [-0.1, -0.05) is 35.5 Å². The van der Waals surface area contributed by atoms with Crippen LogP contribution in [-0.4, -0.2) is 0 Å². The molecule has 0 saturated carbocycles. The molecule has 0 spiro atoms. The molecule has 0 aliphatic carbocycles. The summed E-state index contributed by atoms with van der Waals surface area (Å²) in [4.78, 5) is 1.41. The lowest BCUT2D eigenvalue weighted by atomic mass is 10.1. The molecule has 1 aliphatic heterocycles. The molecule has 56 valence electrons. The van der Waals surface area contributed by atoms with Gasteiger partial charge in [-0.2, -0.15) is 0 Å².